The Balaban J connectivity index is 4.46. The molecule has 0 aliphatic rings. The zero-order valence-electron chi connectivity index (χ0n) is 40.2. The van der Waals surface area contributed by atoms with Crippen LogP contribution in [0.4, 0.5) is 0 Å². The number of rotatable bonds is 46. The van der Waals surface area contributed by atoms with E-state index in [2.05, 4.69) is 81.5 Å². The molecule has 0 amide bonds. The molecule has 0 aliphatic carbocycles. The summed E-state index contributed by atoms with van der Waals surface area (Å²) in [6, 6.07) is 0. The van der Waals surface area contributed by atoms with Crippen LogP contribution in [-0.4, -0.2) is 37.2 Å². The normalized spacial score (nSPS) is 12.5. The molecular formula is C55H96O6. The number of ether oxygens (including phenoxy) is 3. The fraction of sp³-hybridized carbons (Fsp3) is 0.764. The lowest BCUT2D eigenvalue weighted by Gasteiger charge is -2.18. The van der Waals surface area contributed by atoms with Crippen LogP contribution in [0.5, 0.6) is 0 Å². The summed E-state index contributed by atoms with van der Waals surface area (Å²) in [6.45, 7) is 6.55. The second kappa shape index (κ2) is 49.8. The van der Waals surface area contributed by atoms with Crippen molar-refractivity contribution in [3.63, 3.8) is 0 Å². The third-order valence-electron chi connectivity index (χ3n) is 11.0. The summed E-state index contributed by atoms with van der Waals surface area (Å²) in [5.41, 5.74) is 0. The number of esters is 3. The summed E-state index contributed by atoms with van der Waals surface area (Å²) in [6.07, 6.45) is 60.6. The van der Waals surface area contributed by atoms with Gasteiger partial charge in [0.15, 0.2) is 6.10 Å². The molecule has 0 heterocycles. The van der Waals surface area contributed by atoms with E-state index in [0.717, 1.165) is 77.0 Å². The van der Waals surface area contributed by atoms with Gasteiger partial charge in [-0.3, -0.25) is 14.4 Å². The van der Waals surface area contributed by atoms with Gasteiger partial charge in [0, 0.05) is 19.3 Å². The lowest BCUT2D eigenvalue weighted by Crippen LogP contribution is -2.30. The predicted octanol–water partition coefficient (Wildman–Crippen LogP) is 16.9. The van der Waals surface area contributed by atoms with Crippen molar-refractivity contribution < 1.29 is 28.6 Å². The van der Waals surface area contributed by atoms with E-state index in [0.29, 0.717) is 19.3 Å². The molecule has 0 saturated carbocycles. The summed E-state index contributed by atoms with van der Waals surface area (Å²) in [7, 11) is 0. The van der Waals surface area contributed by atoms with Crippen LogP contribution >= 0.6 is 0 Å². The number of unbranched alkanes of at least 4 members (excludes halogenated alkanes) is 25. The molecule has 6 nitrogen and oxygen atoms in total. The summed E-state index contributed by atoms with van der Waals surface area (Å²) in [5, 5.41) is 0. The van der Waals surface area contributed by atoms with Gasteiger partial charge in [0.05, 0.1) is 0 Å². The van der Waals surface area contributed by atoms with Crippen molar-refractivity contribution in [2.75, 3.05) is 13.2 Å². The van der Waals surface area contributed by atoms with E-state index in [1.807, 2.05) is 0 Å². The number of carbonyl (C=O) groups excluding carboxylic acids is 3. The maximum absolute atomic E-state index is 12.8. The van der Waals surface area contributed by atoms with Gasteiger partial charge in [-0.25, -0.2) is 0 Å². The number of hydrogen-bond donors (Lipinski definition) is 0. The minimum absolute atomic E-state index is 0.0928. The Morgan fingerprint density at radius 1 is 0.328 bits per heavy atom. The summed E-state index contributed by atoms with van der Waals surface area (Å²) >= 11 is 0. The topological polar surface area (TPSA) is 78.9 Å². The molecule has 0 aromatic heterocycles. The van der Waals surface area contributed by atoms with Gasteiger partial charge in [0.2, 0.25) is 0 Å². The first-order chi connectivity index (χ1) is 30.0. The highest BCUT2D eigenvalue weighted by Crippen LogP contribution is 2.14. The van der Waals surface area contributed by atoms with E-state index in [1.54, 1.807) is 0 Å². The highest BCUT2D eigenvalue weighted by Gasteiger charge is 2.19. The molecule has 0 aromatic rings. The standard InChI is InChI=1S/C55H96O6/c1-4-7-10-13-16-19-22-24-26-27-29-30-33-36-39-42-45-48-54(57)60-51-52(50-59-53(56)47-44-41-38-35-32-21-18-15-12-9-6-3)61-55(58)49-46-43-40-37-34-31-28-25-23-20-17-14-11-8-5-2/h16,19,24-26,28-30,36,39,52H,4-15,17-18,20-23,27,31-35,37-38,40-51H2,1-3H3/b19-16-,26-24-,28-25-,30-29-,39-36-/t52-/m0/s1. The zero-order valence-corrected chi connectivity index (χ0v) is 40.2. The summed E-state index contributed by atoms with van der Waals surface area (Å²) in [5.74, 6) is -0.957. The van der Waals surface area contributed by atoms with E-state index < -0.39 is 6.10 Å². The van der Waals surface area contributed by atoms with Gasteiger partial charge < -0.3 is 14.2 Å². The van der Waals surface area contributed by atoms with Gasteiger partial charge in [-0.05, 0) is 83.5 Å². The Morgan fingerprint density at radius 2 is 0.607 bits per heavy atom. The van der Waals surface area contributed by atoms with Crippen LogP contribution in [-0.2, 0) is 28.6 Å². The number of hydrogen-bond acceptors (Lipinski definition) is 6. The molecule has 61 heavy (non-hydrogen) atoms. The van der Waals surface area contributed by atoms with Gasteiger partial charge in [-0.2, -0.15) is 0 Å². The van der Waals surface area contributed by atoms with Gasteiger partial charge in [-0.1, -0.05) is 210 Å². The molecular weight excluding hydrogens is 757 g/mol. The van der Waals surface area contributed by atoms with Crippen molar-refractivity contribution in [3.05, 3.63) is 60.8 Å². The zero-order chi connectivity index (χ0) is 44.4. The van der Waals surface area contributed by atoms with Crippen LogP contribution in [0.1, 0.15) is 252 Å². The highest BCUT2D eigenvalue weighted by atomic mass is 16.6. The monoisotopic (exact) mass is 853 g/mol. The molecule has 0 rings (SSSR count). The van der Waals surface area contributed by atoms with E-state index >= 15 is 0 Å². The van der Waals surface area contributed by atoms with Crippen LogP contribution in [0.25, 0.3) is 0 Å². The van der Waals surface area contributed by atoms with Gasteiger partial charge >= 0.3 is 17.9 Å². The first-order valence-electron chi connectivity index (χ1n) is 25.8. The maximum Gasteiger partial charge on any atom is 0.306 e. The molecule has 0 aliphatic heterocycles. The molecule has 6 heteroatoms. The Labute approximate surface area is 377 Å². The lowest BCUT2D eigenvalue weighted by atomic mass is 10.1. The van der Waals surface area contributed by atoms with Crippen LogP contribution in [0, 0.1) is 0 Å². The van der Waals surface area contributed by atoms with E-state index in [1.165, 1.54) is 128 Å². The van der Waals surface area contributed by atoms with Crippen molar-refractivity contribution in [1.82, 2.24) is 0 Å². The molecule has 0 radical (unpaired) electrons. The molecule has 0 spiro atoms. The second-order valence-corrected chi connectivity index (χ2v) is 17.1. The average Bonchev–Trinajstić information content (AvgIpc) is 3.26. The predicted molar refractivity (Wildman–Crippen MR) is 261 cm³/mol. The summed E-state index contributed by atoms with van der Waals surface area (Å²) in [4.78, 5) is 37.9. The largest absolute Gasteiger partial charge is 0.462 e. The van der Waals surface area contributed by atoms with E-state index in [-0.39, 0.29) is 37.5 Å². The van der Waals surface area contributed by atoms with Crippen molar-refractivity contribution in [1.29, 1.82) is 0 Å². The maximum atomic E-state index is 12.8. The first-order valence-corrected chi connectivity index (χ1v) is 25.8. The fourth-order valence-electron chi connectivity index (χ4n) is 7.08. The van der Waals surface area contributed by atoms with Crippen molar-refractivity contribution in [2.45, 2.75) is 258 Å². The molecule has 0 unspecified atom stereocenters. The fourth-order valence-corrected chi connectivity index (χ4v) is 7.08. The van der Waals surface area contributed by atoms with Crippen molar-refractivity contribution >= 4 is 17.9 Å². The molecule has 0 saturated heterocycles. The van der Waals surface area contributed by atoms with E-state index in [4.69, 9.17) is 14.2 Å². The molecule has 352 valence electrons. The lowest BCUT2D eigenvalue weighted by molar-refractivity contribution is -0.167. The molecule has 0 N–H and O–H groups in total. The average molecular weight is 853 g/mol. The van der Waals surface area contributed by atoms with Crippen LogP contribution in [0.2, 0.25) is 0 Å². The Kier molecular flexibility index (Phi) is 47.4. The Bertz CT molecular complexity index is 1120. The minimum Gasteiger partial charge on any atom is -0.462 e. The molecule has 0 aromatic carbocycles. The molecule has 1 atom stereocenters. The third-order valence-corrected chi connectivity index (χ3v) is 11.0. The Hall–Kier alpha value is -2.89. The summed E-state index contributed by atoms with van der Waals surface area (Å²) < 4.78 is 16.7. The third kappa shape index (κ3) is 48.0. The first kappa shape index (κ1) is 58.1. The second-order valence-electron chi connectivity index (χ2n) is 17.1. The van der Waals surface area contributed by atoms with Crippen LogP contribution in [0.3, 0.4) is 0 Å². The van der Waals surface area contributed by atoms with Gasteiger partial charge in [0.25, 0.3) is 0 Å². The molecule has 0 fully saturated rings. The molecule has 0 bridgehead atoms. The SMILES string of the molecule is CCCCC/C=C\C/C=C\C/C=C\C/C=C\CCCC(=O)OC[C@H](COC(=O)CCCCCCCCCCCCC)OC(=O)CCCCCCC/C=C\CCCCCCCC. The van der Waals surface area contributed by atoms with Gasteiger partial charge in [-0.15, -0.1) is 0 Å². The van der Waals surface area contributed by atoms with Crippen LogP contribution < -0.4 is 0 Å². The quantitative estimate of drug-likeness (QED) is 0.0263. The Morgan fingerprint density at radius 3 is 1.03 bits per heavy atom. The number of allylic oxidation sites excluding steroid dienone is 10. The minimum atomic E-state index is -0.797. The van der Waals surface area contributed by atoms with E-state index in [9.17, 15) is 14.4 Å². The van der Waals surface area contributed by atoms with Gasteiger partial charge in [0.1, 0.15) is 13.2 Å². The van der Waals surface area contributed by atoms with Crippen molar-refractivity contribution in [2.24, 2.45) is 0 Å². The highest BCUT2D eigenvalue weighted by molar-refractivity contribution is 5.71. The number of carbonyl (C=O) groups is 3. The smallest absolute Gasteiger partial charge is 0.306 e. The van der Waals surface area contributed by atoms with Crippen LogP contribution in [0.15, 0.2) is 60.8 Å². The van der Waals surface area contributed by atoms with Crippen molar-refractivity contribution in [3.8, 4) is 0 Å².